The number of anilines is 1. The summed E-state index contributed by atoms with van der Waals surface area (Å²) in [7, 11) is 0. The highest BCUT2D eigenvalue weighted by molar-refractivity contribution is 5.94. The zero-order valence-corrected chi connectivity index (χ0v) is 14.4. The van der Waals surface area contributed by atoms with Gasteiger partial charge in [0.2, 0.25) is 0 Å². The Labute approximate surface area is 153 Å². The van der Waals surface area contributed by atoms with Crippen molar-refractivity contribution in [2.75, 3.05) is 11.4 Å². The van der Waals surface area contributed by atoms with Crippen LogP contribution in [0.2, 0.25) is 0 Å². The summed E-state index contributed by atoms with van der Waals surface area (Å²) in [6.07, 6.45) is 2.11. The summed E-state index contributed by atoms with van der Waals surface area (Å²) in [4.78, 5) is 17.8. The number of halogens is 2. The molecule has 8 heteroatoms. The summed E-state index contributed by atoms with van der Waals surface area (Å²) < 4.78 is 29.7. The first-order chi connectivity index (χ1) is 13.0. The lowest BCUT2D eigenvalue weighted by atomic mass is 10.00. The van der Waals surface area contributed by atoms with Crippen LogP contribution in [0.5, 0.6) is 0 Å². The van der Waals surface area contributed by atoms with E-state index in [4.69, 9.17) is 0 Å². The first-order valence-corrected chi connectivity index (χ1v) is 8.43. The Morgan fingerprint density at radius 3 is 2.93 bits per heavy atom. The van der Waals surface area contributed by atoms with E-state index >= 15 is 0 Å². The predicted octanol–water partition coefficient (Wildman–Crippen LogP) is 3.23. The van der Waals surface area contributed by atoms with Gasteiger partial charge in [0.1, 0.15) is 29.4 Å². The third-order valence-corrected chi connectivity index (χ3v) is 4.73. The summed E-state index contributed by atoms with van der Waals surface area (Å²) >= 11 is 0. The van der Waals surface area contributed by atoms with E-state index in [1.165, 1.54) is 29.8 Å². The second-order valence-electron chi connectivity index (χ2n) is 6.55. The standard InChI is InChI=1S/C19H15F2N5O/c1-11(27)12-4-13(6-15(20)5-12)17-7-16(21)10-25(17)18-2-3-26-19(24-18)14(8-22)9-23-26/h2-6,9,16-17H,7,10H2,1H3/t16-,17+/m0/s1. The summed E-state index contributed by atoms with van der Waals surface area (Å²) in [6.45, 7) is 1.46. The molecule has 4 rings (SSSR count). The highest BCUT2D eigenvalue weighted by Gasteiger charge is 2.35. The van der Waals surface area contributed by atoms with Crippen molar-refractivity contribution >= 4 is 17.2 Å². The number of hydrogen-bond donors (Lipinski definition) is 0. The smallest absolute Gasteiger partial charge is 0.175 e. The van der Waals surface area contributed by atoms with E-state index in [0.29, 0.717) is 22.6 Å². The summed E-state index contributed by atoms with van der Waals surface area (Å²) in [5.41, 5.74) is 1.46. The lowest BCUT2D eigenvalue weighted by molar-refractivity contribution is 0.101. The maximum Gasteiger partial charge on any atom is 0.175 e. The molecule has 1 fully saturated rings. The summed E-state index contributed by atoms with van der Waals surface area (Å²) in [5.74, 6) is -0.321. The monoisotopic (exact) mass is 367 g/mol. The van der Waals surface area contributed by atoms with Crippen LogP contribution < -0.4 is 4.90 Å². The van der Waals surface area contributed by atoms with Crippen molar-refractivity contribution in [3.05, 3.63) is 59.2 Å². The fraction of sp³-hybridized carbons (Fsp3) is 0.263. The van der Waals surface area contributed by atoms with Gasteiger partial charge in [0, 0.05) is 18.2 Å². The topological polar surface area (TPSA) is 74.3 Å². The van der Waals surface area contributed by atoms with Crippen LogP contribution in [0.4, 0.5) is 14.6 Å². The maximum absolute atomic E-state index is 14.3. The number of benzene rings is 1. The van der Waals surface area contributed by atoms with Gasteiger partial charge in [0.15, 0.2) is 11.4 Å². The van der Waals surface area contributed by atoms with E-state index in [-0.39, 0.29) is 24.3 Å². The van der Waals surface area contributed by atoms with Crippen LogP contribution in [0.15, 0.2) is 36.7 Å². The number of alkyl halides is 1. The van der Waals surface area contributed by atoms with Crippen molar-refractivity contribution in [2.24, 2.45) is 0 Å². The fourth-order valence-electron chi connectivity index (χ4n) is 3.46. The molecule has 2 aromatic heterocycles. The molecule has 0 unspecified atom stereocenters. The third kappa shape index (κ3) is 3.01. The molecule has 3 heterocycles. The van der Waals surface area contributed by atoms with E-state index in [2.05, 4.69) is 10.1 Å². The minimum absolute atomic E-state index is 0.0930. The minimum atomic E-state index is -1.11. The molecule has 0 aliphatic carbocycles. The maximum atomic E-state index is 14.3. The average Bonchev–Trinajstić information content (AvgIpc) is 3.23. The molecule has 6 nitrogen and oxygen atoms in total. The summed E-state index contributed by atoms with van der Waals surface area (Å²) in [6, 6.07) is 7.33. The molecular formula is C19H15F2N5O. The molecule has 0 N–H and O–H groups in total. The van der Waals surface area contributed by atoms with Crippen molar-refractivity contribution < 1.29 is 13.6 Å². The van der Waals surface area contributed by atoms with E-state index in [1.807, 2.05) is 6.07 Å². The molecule has 0 saturated carbocycles. The molecule has 1 saturated heterocycles. The number of aromatic nitrogens is 3. The Morgan fingerprint density at radius 1 is 1.37 bits per heavy atom. The molecule has 0 radical (unpaired) electrons. The van der Waals surface area contributed by atoms with Gasteiger partial charge in [-0.2, -0.15) is 10.4 Å². The molecule has 136 valence electrons. The quantitative estimate of drug-likeness (QED) is 0.665. The predicted molar refractivity (Wildman–Crippen MR) is 93.7 cm³/mol. The average molecular weight is 367 g/mol. The van der Waals surface area contributed by atoms with E-state index in [0.717, 1.165) is 0 Å². The zero-order valence-electron chi connectivity index (χ0n) is 14.4. The molecule has 2 atom stereocenters. The first kappa shape index (κ1) is 17.1. The molecule has 3 aromatic rings. The van der Waals surface area contributed by atoms with Gasteiger partial charge in [0.25, 0.3) is 0 Å². The molecule has 1 aliphatic heterocycles. The number of nitrogens with zero attached hydrogens (tertiary/aromatic N) is 5. The van der Waals surface area contributed by atoms with Crippen LogP contribution in [-0.4, -0.2) is 33.1 Å². The molecular weight excluding hydrogens is 352 g/mol. The van der Waals surface area contributed by atoms with Crippen LogP contribution in [0.25, 0.3) is 5.65 Å². The Bertz CT molecular complexity index is 1090. The minimum Gasteiger partial charge on any atom is -0.346 e. The zero-order chi connectivity index (χ0) is 19.1. The summed E-state index contributed by atoms with van der Waals surface area (Å²) in [5, 5.41) is 13.2. The number of carbonyl (C=O) groups excluding carboxylic acids is 1. The van der Waals surface area contributed by atoms with Crippen molar-refractivity contribution in [1.29, 1.82) is 5.26 Å². The number of fused-ring (bicyclic) bond motifs is 1. The van der Waals surface area contributed by atoms with Gasteiger partial charge in [-0.05, 0) is 36.8 Å². The lowest BCUT2D eigenvalue weighted by Crippen LogP contribution is -2.25. The third-order valence-electron chi connectivity index (χ3n) is 4.73. The van der Waals surface area contributed by atoms with E-state index in [9.17, 15) is 18.8 Å². The highest BCUT2D eigenvalue weighted by atomic mass is 19.1. The number of ketones is 1. The van der Waals surface area contributed by atoms with Gasteiger partial charge in [-0.3, -0.25) is 4.79 Å². The van der Waals surface area contributed by atoms with Crippen LogP contribution in [0.3, 0.4) is 0 Å². The Hall–Kier alpha value is -3.34. The van der Waals surface area contributed by atoms with Crippen molar-refractivity contribution in [1.82, 2.24) is 14.6 Å². The number of rotatable bonds is 3. The Morgan fingerprint density at radius 2 is 2.19 bits per heavy atom. The molecule has 27 heavy (non-hydrogen) atoms. The highest BCUT2D eigenvalue weighted by Crippen LogP contribution is 2.37. The van der Waals surface area contributed by atoms with Gasteiger partial charge in [0.05, 0.1) is 18.8 Å². The molecule has 0 amide bonds. The SMILES string of the molecule is CC(=O)c1cc(F)cc([C@H]2C[C@H](F)CN2c2ccn3ncc(C#N)c3n2)c1. The van der Waals surface area contributed by atoms with E-state index in [1.54, 1.807) is 23.2 Å². The van der Waals surface area contributed by atoms with Gasteiger partial charge >= 0.3 is 0 Å². The molecule has 1 aliphatic rings. The van der Waals surface area contributed by atoms with Gasteiger partial charge in [-0.15, -0.1) is 0 Å². The van der Waals surface area contributed by atoms with Gasteiger partial charge < -0.3 is 4.90 Å². The number of carbonyl (C=O) groups is 1. The van der Waals surface area contributed by atoms with Crippen LogP contribution in [0.1, 0.15) is 40.9 Å². The van der Waals surface area contributed by atoms with Crippen LogP contribution >= 0.6 is 0 Å². The fourth-order valence-corrected chi connectivity index (χ4v) is 3.46. The molecule has 0 bridgehead atoms. The lowest BCUT2D eigenvalue weighted by Gasteiger charge is -2.26. The van der Waals surface area contributed by atoms with Crippen molar-refractivity contribution in [2.45, 2.75) is 25.6 Å². The number of hydrogen-bond acceptors (Lipinski definition) is 5. The first-order valence-electron chi connectivity index (χ1n) is 8.43. The van der Waals surface area contributed by atoms with Crippen molar-refractivity contribution in [3.63, 3.8) is 0 Å². The molecule has 0 spiro atoms. The second-order valence-corrected chi connectivity index (χ2v) is 6.55. The van der Waals surface area contributed by atoms with Gasteiger partial charge in [-0.1, -0.05) is 0 Å². The van der Waals surface area contributed by atoms with Crippen LogP contribution in [-0.2, 0) is 0 Å². The normalized spacial score (nSPS) is 19.4. The largest absolute Gasteiger partial charge is 0.346 e. The second kappa shape index (κ2) is 6.43. The Balaban J connectivity index is 1.78. The number of nitriles is 1. The van der Waals surface area contributed by atoms with Crippen molar-refractivity contribution in [3.8, 4) is 6.07 Å². The van der Waals surface area contributed by atoms with Crippen LogP contribution in [0, 0.1) is 17.1 Å². The van der Waals surface area contributed by atoms with Gasteiger partial charge in [-0.25, -0.2) is 18.3 Å². The Kier molecular flexibility index (Phi) is 4.07. The van der Waals surface area contributed by atoms with E-state index < -0.39 is 18.0 Å². The number of Topliss-reactive ketones (excluding diaryl/α,β-unsaturated/α-hetero) is 1. The molecule has 1 aromatic carbocycles.